The first-order chi connectivity index (χ1) is 11.2. The molecule has 3 atom stereocenters. The van der Waals surface area contributed by atoms with Crippen molar-refractivity contribution < 1.29 is 9.59 Å². The Morgan fingerprint density at radius 3 is 2.38 bits per heavy atom. The van der Waals surface area contributed by atoms with Crippen LogP contribution in [-0.2, 0) is 9.59 Å². The molecule has 2 fully saturated rings. The molecule has 0 aromatic rings. The molecule has 0 aromatic carbocycles. The predicted octanol–water partition coefficient (Wildman–Crippen LogP) is 2.44. The van der Waals surface area contributed by atoms with Crippen LogP contribution < -0.4 is 11.1 Å². The van der Waals surface area contributed by atoms with E-state index < -0.39 is 6.04 Å². The fraction of sp³-hybridized carbons (Fsp3) is 0.895. The van der Waals surface area contributed by atoms with Crippen LogP contribution in [0.15, 0.2) is 0 Å². The third-order valence-corrected chi connectivity index (χ3v) is 5.72. The minimum atomic E-state index is -0.567. The molecular formula is C19H35N3O2. The molecule has 0 spiro atoms. The van der Waals surface area contributed by atoms with E-state index in [0.29, 0.717) is 6.54 Å². The Morgan fingerprint density at radius 1 is 1.21 bits per heavy atom. The lowest BCUT2D eigenvalue weighted by atomic mass is 9.80. The second-order valence-corrected chi connectivity index (χ2v) is 8.68. The van der Waals surface area contributed by atoms with E-state index >= 15 is 0 Å². The predicted molar refractivity (Wildman–Crippen MR) is 96.3 cm³/mol. The number of nitrogens with one attached hydrogen (secondary N) is 1. The largest absolute Gasteiger partial charge is 0.352 e. The van der Waals surface area contributed by atoms with Gasteiger partial charge in [-0.2, -0.15) is 0 Å². The molecule has 5 heteroatoms. The fourth-order valence-corrected chi connectivity index (χ4v) is 3.61. The topological polar surface area (TPSA) is 75.4 Å². The van der Waals surface area contributed by atoms with Gasteiger partial charge in [-0.05, 0) is 37.0 Å². The molecule has 0 bridgehead atoms. The van der Waals surface area contributed by atoms with E-state index in [0.717, 1.165) is 31.6 Å². The van der Waals surface area contributed by atoms with Crippen LogP contribution in [0.2, 0.25) is 0 Å². The van der Waals surface area contributed by atoms with Crippen LogP contribution in [0.5, 0.6) is 0 Å². The van der Waals surface area contributed by atoms with Gasteiger partial charge in [0.05, 0.1) is 6.04 Å². The molecule has 2 aliphatic rings. The van der Waals surface area contributed by atoms with Crippen LogP contribution in [0, 0.1) is 11.3 Å². The molecule has 5 nitrogen and oxygen atoms in total. The molecule has 1 saturated carbocycles. The molecule has 24 heavy (non-hydrogen) atoms. The number of carbonyl (C=O) groups is 2. The van der Waals surface area contributed by atoms with Crippen LogP contribution in [0.4, 0.5) is 0 Å². The van der Waals surface area contributed by atoms with E-state index in [4.69, 9.17) is 5.73 Å². The number of rotatable bonds is 6. The summed E-state index contributed by atoms with van der Waals surface area (Å²) in [6, 6.07) is -0.680. The van der Waals surface area contributed by atoms with Gasteiger partial charge in [-0.1, -0.05) is 47.0 Å². The van der Waals surface area contributed by atoms with Crippen molar-refractivity contribution in [2.75, 3.05) is 6.54 Å². The maximum Gasteiger partial charge on any atom is 0.243 e. The van der Waals surface area contributed by atoms with Crippen molar-refractivity contribution in [3.63, 3.8) is 0 Å². The van der Waals surface area contributed by atoms with E-state index in [1.54, 1.807) is 4.90 Å². The second-order valence-electron chi connectivity index (χ2n) is 8.68. The Hall–Kier alpha value is -1.10. The minimum Gasteiger partial charge on any atom is -0.352 e. The first-order valence-electron chi connectivity index (χ1n) is 9.60. The summed E-state index contributed by atoms with van der Waals surface area (Å²) in [5.74, 6) is 0.686. The molecule has 1 aliphatic carbocycles. The lowest BCUT2D eigenvalue weighted by Crippen LogP contribution is -2.55. The van der Waals surface area contributed by atoms with Gasteiger partial charge in [0, 0.05) is 12.6 Å². The van der Waals surface area contributed by atoms with Crippen LogP contribution >= 0.6 is 0 Å². The average Bonchev–Trinajstić information content (AvgIpc) is 2.96. The Labute approximate surface area is 146 Å². The smallest absolute Gasteiger partial charge is 0.243 e. The van der Waals surface area contributed by atoms with Gasteiger partial charge in [-0.3, -0.25) is 9.59 Å². The van der Waals surface area contributed by atoms with Crippen molar-refractivity contribution >= 4 is 11.8 Å². The number of hydrogen-bond acceptors (Lipinski definition) is 3. The molecule has 1 saturated heterocycles. The van der Waals surface area contributed by atoms with Crippen LogP contribution in [0.25, 0.3) is 0 Å². The summed E-state index contributed by atoms with van der Waals surface area (Å²) in [4.78, 5) is 27.2. The lowest BCUT2D eigenvalue weighted by Gasteiger charge is -2.34. The van der Waals surface area contributed by atoms with Crippen LogP contribution in [-0.4, -0.2) is 41.4 Å². The normalized spacial score (nSPS) is 24.4. The molecule has 138 valence electrons. The minimum absolute atomic E-state index is 0.00753. The van der Waals surface area contributed by atoms with Gasteiger partial charge >= 0.3 is 0 Å². The van der Waals surface area contributed by atoms with Gasteiger partial charge in [0.2, 0.25) is 11.8 Å². The van der Waals surface area contributed by atoms with Crippen molar-refractivity contribution in [3.8, 4) is 0 Å². The van der Waals surface area contributed by atoms with E-state index in [2.05, 4.69) is 12.2 Å². The van der Waals surface area contributed by atoms with E-state index in [-0.39, 0.29) is 29.3 Å². The van der Waals surface area contributed by atoms with Gasteiger partial charge in [-0.25, -0.2) is 0 Å². The molecule has 1 heterocycles. The first kappa shape index (κ1) is 19.2. The summed E-state index contributed by atoms with van der Waals surface area (Å²) in [6.07, 6.45) is 7.55. The van der Waals surface area contributed by atoms with E-state index in [1.807, 2.05) is 20.8 Å². The SMILES string of the molecule is CCC(CC1CCC1)NC(=O)[C@@H]1CCCN1C(=O)[C@@H](N)C(C)(C)C. The molecule has 1 unspecified atom stereocenters. The van der Waals surface area contributed by atoms with Gasteiger partial charge in [0.1, 0.15) is 6.04 Å². The third kappa shape index (κ3) is 4.50. The van der Waals surface area contributed by atoms with Crippen molar-refractivity contribution in [3.05, 3.63) is 0 Å². The summed E-state index contributed by atoms with van der Waals surface area (Å²) in [5.41, 5.74) is 5.84. The zero-order chi connectivity index (χ0) is 17.9. The van der Waals surface area contributed by atoms with Crippen molar-refractivity contribution in [2.24, 2.45) is 17.1 Å². The van der Waals surface area contributed by atoms with Crippen molar-refractivity contribution in [2.45, 2.75) is 90.8 Å². The maximum absolute atomic E-state index is 12.7. The number of carbonyl (C=O) groups excluding carboxylic acids is 2. The molecule has 2 rings (SSSR count). The highest BCUT2D eigenvalue weighted by Crippen LogP contribution is 2.31. The molecule has 0 radical (unpaired) electrons. The first-order valence-corrected chi connectivity index (χ1v) is 9.60. The summed E-state index contributed by atoms with van der Waals surface area (Å²) in [7, 11) is 0. The zero-order valence-electron chi connectivity index (χ0n) is 15.8. The van der Waals surface area contributed by atoms with Gasteiger partial charge < -0.3 is 16.0 Å². The Kier molecular flexibility index (Phi) is 6.29. The standard InChI is InChI=1S/C19H35N3O2/c1-5-14(12-13-8-6-9-13)21-17(23)15-10-7-11-22(15)18(24)16(20)19(2,3)4/h13-16H,5-12,20H2,1-4H3,(H,21,23)/t14?,15-,16+/m0/s1. The highest BCUT2D eigenvalue weighted by molar-refractivity contribution is 5.90. The number of amides is 2. The van der Waals surface area contributed by atoms with Gasteiger partial charge in [0.25, 0.3) is 0 Å². The molecule has 1 aliphatic heterocycles. The summed E-state index contributed by atoms with van der Waals surface area (Å²) < 4.78 is 0. The van der Waals surface area contributed by atoms with Crippen molar-refractivity contribution in [1.29, 1.82) is 0 Å². The molecular weight excluding hydrogens is 302 g/mol. The second kappa shape index (κ2) is 7.85. The Morgan fingerprint density at radius 2 is 1.88 bits per heavy atom. The number of hydrogen-bond donors (Lipinski definition) is 2. The zero-order valence-corrected chi connectivity index (χ0v) is 15.8. The average molecular weight is 338 g/mol. The number of nitrogens with two attached hydrogens (primary N) is 1. The van der Waals surface area contributed by atoms with E-state index in [9.17, 15) is 9.59 Å². The summed E-state index contributed by atoms with van der Waals surface area (Å²) in [6.45, 7) is 8.65. The highest BCUT2D eigenvalue weighted by atomic mass is 16.2. The monoisotopic (exact) mass is 337 g/mol. The van der Waals surface area contributed by atoms with Gasteiger partial charge in [-0.15, -0.1) is 0 Å². The summed E-state index contributed by atoms with van der Waals surface area (Å²) in [5, 5.41) is 3.20. The Bertz CT molecular complexity index is 454. The molecule has 3 N–H and O–H groups in total. The summed E-state index contributed by atoms with van der Waals surface area (Å²) >= 11 is 0. The third-order valence-electron chi connectivity index (χ3n) is 5.72. The van der Waals surface area contributed by atoms with Crippen LogP contribution in [0.1, 0.15) is 72.6 Å². The van der Waals surface area contributed by atoms with E-state index in [1.165, 1.54) is 19.3 Å². The molecule has 2 amide bonds. The molecule has 0 aromatic heterocycles. The lowest BCUT2D eigenvalue weighted by molar-refractivity contribution is -0.141. The fourth-order valence-electron chi connectivity index (χ4n) is 3.61. The Balaban J connectivity index is 1.95. The quantitative estimate of drug-likeness (QED) is 0.781. The number of nitrogens with zero attached hydrogens (tertiary/aromatic N) is 1. The van der Waals surface area contributed by atoms with Crippen molar-refractivity contribution in [1.82, 2.24) is 10.2 Å². The number of likely N-dealkylation sites (tertiary alicyclic amines) is 1. The van der Waals surface area contributed by atoms with Gasteiger partial charge in [0.15, 0.2) is 0 Å². The maximum atomic E-state index is 12.7. The highest BCUT2D eigenvalue weighted by Gasteiger charge is 2.39. The van der Waals surface area contributed by atoms with Crippen LogP contribution in [0.3, 0.4) is 0 Å².